The van der Waals surface area contributed by atoms with Crippen LogP contribution in [0.4, 0.5) is 11.5 Å². The maximum absolute atomic E-state index is 13.0. The van der Waals surface area contributed by atoms with Crippen LogP contribution < -0.4 is 9.80 Å². The minimum Gasteiger partial charge on any atom is -0.357 e. The highest BCUT2D eigenvalue weighted by Gasteiger charge is 2.28. The molecule has 0 aliphatic carbocycles. The van der Waals surface area contributed by atoms with Crippen LogP contribution in [0.1, 0.15) is 23.4 Å². The lowest BCUT2D eigenvalue weighted by Crippen LogP contribution is -2.41. The van der Waals surface area contributed by atoms with Crippen molar-refractivity contribution in [2.24, 2.45) is 5.92 Å². The van der Waals surface area contributed by atoms with E-state index in [1.807, 2.05) is 39.2 Å². The summed E-state index contributed by atoms with van der Waals surface area (Å²) in [6.07, 6.45) is 3.62. The Morgan fingerprint density at radius 3 is 2.67 bits per heavy atom. The Bertz CT molecular complexity index is 958. The molecular formula is C21H24N4OS. The molecule has 1 fully saturated rings. The Kier molecular flexibility index (Phi) is 4.83. The van der Waals surface area contributed by atoms with E-state index < -0.39 is 0 Å². The highest BCUT2D eigenvalue weighted by atomic mass is 32.1. The molecule has 1 saturated heterocycles. The minimum atomic E-state index is 0.0654. The maximum Gasteiger partial charge on any atom is 0.229 e. The SMILES string of the molecule is Cc1ccc(N2CCC(C(=O)N(C)c3ccc4nc(C)sc4c3)CC2)nc1. The van der Waals surface area contributed by atoms with Gasteiger partial charge >= 0.3 is 0 Å². The lowest BCUT2D eigenvalue weighted by Gasteiger charge is -2.34. The minimum absolute atomic E-state index is 0.0654. The van der Waals surface area contributed by atoms with Crippen LogP contribution in [0.2, 0.25) is 0 Å². The summed E-state index contributed by atoms with van der Waals surface area (Å²) >= 11 is 1.67. The van der Waals surface area contributed by atoms with E-state index in [1.54, 1.807) is 16.2 Å². The zero-order valence-corrected chi connectivity index (χ0v) is 16.8. The smallest absolute Gasteiger partial charge is 0.229 e. The van der Waals surface area contributed by atoms with Crippen molar-refractivity contribution in [3.05, 3.63) is 47.1 Å². The molecule has 6 heteroatoms. The van der Waals surface area contributed by atoms with Crippen LogP contribution in [0.25, 0.3) is 10.2 Å². The van der Waals surface area contributed by atoms with Gasteiger partial charge in [0, 0.05) is 37.9 Å². The average molecular weight is 381 g/mol. The molecule has 0 unspecified atom stereocenters. The van der Waals surface area contributed by atoms with E-state index in [0.717, 1.165) is 52.7 Å². The molecular weight excluding hydrogens is 356 g/mol. The molecule has 0 N–H and O–H groups in total. The quantitative estimate of drug-likeness (QED) is 0.684. The van der Waals surface area contributed by atoms with Gasteiger partial charge in [-0.25, -0.2) is 9.97 Å². The molecule has 27 heavy (non-hydrogen) atoms. The van der Waals surface area contributed by atoms with E-state index in [9.17, 15) is 4.79 Å². The number of fused-ring (bicyclic) bond motifs is 1. The third-order valence-electron chi connectivity index (χ3n) is 5.26. The fraction of sp³-hybridized carbons (Fsp3) is 0.381. The first-order valence-electron chi connectivity index (χ1n) is 9.33. The van der Waals surface area contributed by atoms with Crippen molar-refractivity contribution in [3.8, 4) is 0 Å². The number of rotatable bonds is 3. The number of nitrogens with zero attached hydrogens (tertiary/aromatic N) is 4. The monoisotopic (exact) mass is 380 g/mol. The second kappa shape index (κ2) is 7.27. The number of thiazole rings is 1. The van der Waals surface area contributed by atoms with E-state index in [-0.39, 0.29) is 11.8 Å². The number of piperidine rings is 1. The number of benzene rings is 1. The first-order chi connectivity index (χ1) is 13.0. The number of hydrogen-bond donors (Lipinski definition) is 0. The number of carbonyl (C=O) groups excluding carboxylic acids is 1. The first kappa shape index (κ1) is 17.9. The summed E-state index contributed by atoms with van der Waals surface area (Å²) in [5.74, 6) is 1.27. The van der Waals surface area contributed by atoms with Gasteiger partial charge in [-0.15, -0.1) is 11.3 Å². The Balaban J connectivity index is 1.42. The molecule has 0 spiro atoms. The van der Waals surface area contributed by atoms with Crippen molar-refractivity contribution < 1.29 is 4.79 Å². The van der Waals surface area contributed by atoms with Crippen LogP contribution in [-0.4, -0.2) is 36.0 Å². The molecule has 1 aliphatic heterocycles. The van der Waals surface area contributed by atoms with Gasteiger partial charge in [0.2, 0.25) is 5.91 Å². The number of aryl methyl sites for hydroxylation is 2. The summed E-state index contributed by atoms with van der Waals surface area (Å²) in [5.41, 5.74) is 3.11. The number of carbonyl (C=O) groups is 1. The van der Waals surface area contributed by atoms with E-state index in [0.29, 0.717) is 0 Å². The summed E-state index contributed by atoms with van der Waals surface area (Å²) in [6.45, 7) is 5.79. The van der Waals surface area contributed by atoms with Crippen molar-refractivity contribution in [2.75, 3.05) is 29.9 Å². The number of pyridine rings is 1. The Morgan fingerprint density at radius 2 is 1.96 bits per heavy atom. The lowest BCUT2D eigenvalue weighted by atomic mass is 9.95. The molecule has 3 heterocycles. The van der Waals surface area contributed by atoms with Gasteiger partial charge in [0.1, 0.15) is 5.82 Å². The molecule has 1 amide bonds. The number of aromatic nitrogens is 2. The fourth-order valence-corrected chi connectivity index (χ4v) is 4.50. The van der Waals surface area contributed by atoms with Gasteiger partial charge in [0.25, 0.3) is 0 Å². The normalized spacial score (nSPS) is 15.3. The summed E-state index contributed by atoms with van der Waals surface area (Å²) in [7, 11) is 1.88. The Hall–Kier alpha value is -2.47. The zero-order valence-electron chi connectivity index (χ0n) is 16.0. The second-order valence-corrected chi connectivity index (χ2v) is 8.47. The summed E-state index contributed by atoms with van der Waals surface area (Å²) in [6, 6.07) is 10.2. The van der Waals surface area contributed by atoms with Crippen LogP contribution in [0.15, 0.2) is 36.5 Å². The van der Waals surface area contributed by atoms with Gasteiger partial charge in [-0.3, -0.25) is 4.79 Å². The molecule has 4 rings (SSSR count). The molecule has 140 valence electrons. The molecule has 3 aromatic rings. The van der Waals surface area contributed by atoms with Gasteiger partial charge in [-0.2, -0.15) is 0 Å². The summed E-state index contributed by atoms with van der Waals surface area (Å²) < 4.78 is 1.13. The average Bonchev–Trinajstić information content (AvgIpc) is 3.07. The maximum atomic E-state index is 13.0. The van der Waals surface area contributed by atoms with Gasteiger partial charge in [-0.1, -0.05) is 6.07 Å². The standard InChI is InChI=1S/C21H24N4OS/c1-14-4-7-20(22-13-14)25-10-8-16(9-11-25)21(26)24(3)17-5-6-18-19(12-17)27-15(2)23-18/h4-7,12-13,16H,8-11H2,1-3H3. The molecule has 1 aliphatic rings. The zero-order chi connectivity index (χ0) is 19.0. The number of hydrogen-bond acceptors (Lipinski definition) is 5. The second-order valence-electron chi connectivity index (χ2n) is 7.24. The van der Waals surface area contributed by atoms with Gasteiger partial charge in [0.05, 0.1) is 15.2 Å². The lowest BCUT2D eigenvalue weighted by molar-refractivity contribution is -0.122. The highest BCUT2D eigenvalue weighted by Crippen LogP contribution is 2.29. The van der Waals surface area contributed by atoms with Crippen molar-refractivity contribution >= 4 is 39.0 Å². The van der Waals surface area contributed by atoms with E-state index in [2.05, 4.69) is 33.1 Å². The topological polar surface area (TPSA) is 49.3 Å². The van der Waals surface area contributed by atoms with Crippen LogP contribution in [0, 0.1) is 19.8 Å². The van der Waals surface area contributed by atoms with Crippen LogP contribution in [0.3, 0.4) is 0 Å². The Labute approximate surface area is 163 Å². The largest absolute Gasteiger partial charge is 0.357 e. The van der Waals surface area contributed by atoms with Crippen molar-refractivity contribution in [2.45, 2.75) is 26.7 Å². The summed E-state index contributed by atoms with van der Waals surface area (Å²) in [5, 5.41) is 1.05. The van der Waals surface area contributed by atoms with E-state index >= 15 is 0 Å². The van der Waals surface area contributed by atoms with Crippen molar-refractivity contribution in [1.82, 2.24) is 9.97 Å². The van der Waals surface area contributed by atoms with Crippen LogP contribution in [0.5, 0.6) is 0 Å². The third kappa shape index (κ3) is 3.67. The van der Waals surface area contributed by atoms with Gasteiger partial charge in [0.15, 0.2) is 0 Å². The summed E-state index contributed by atoms with van der Waals surface area (Å²) in [4.78, 5) is 26.1. The molecule has 5 nitrogen and oxygen atoms in total. The predicted octanol–water partition coefficient (Wildman–Crippen LogP) is 4.19. The molecule has 0 saturated carbocycles. The Morgan fingerprint density at radius 1 is 1.19 bits per heavy atom. The molecule has 0 atom stereocenters. The van der Waals surface area contributed by atoms with Crippen molar-refractivity contribution in [3.63, 3.8) is 0 Å². The van der Waals surface area contributed by atoms with E-state index in [1.165, 1.54) is 5.56 Å². The number of amides is 1. The van der Waals surface area contributed by atoms with E-state index in [4.69, 9.17) is 0 Å². The fourth-order valence-electron chi connectivity index (χ4n) is 3.64. The molecule has 0 bridgehead atoms. The molecule has 1 aromatic carbocycles. The predicted molar refractivity (Wildman–Crippen MR) is 112 cm³/mol. The third-order valence-corrected chi connectivity index (χ3v) is 6.19. The van der Waals surface area contributed by atoms with Crippen LogP contribution in [-0.2, 0) is 4.79 Å². The van der Waals surface area contributed by atoms with Crippen molar-refractivity contribution in [1.29, 1.82) is 0 Å². The number of anilines is 2. The first-order valence-corrected chi connectivity index (χ1v) is 10.2. The molecule has 2 aromatic heterocycles. The van der Waals surface area contributed by atoms with Gasteiger partial charge in [-0.05, 0) is 56.5 Å². The van der Waals surface area contributed by atoms with Gasteiger partial charge < -0.3 is 9.80 Å². The highest BCUT2D eigenvalue weighted by molar-refractivity contribution is 7.18. The molecule has 0 radical (unpaired) electrons. The van der Waals surface area contributed by atoms with Crippen LogP contribution >= 0.6 is 11.3 Å².